The van der Waals surface area contributed by atoms with E-state index in [1.165, 1.54) is 0 Å². The molecule has 0 aliphatic carbocycles. The van der Waals surface area contributed by atoms with Gasteiger partial charge in [-0.2, -0.15) is 11.3 Å². The van der Waals surface area contributed by atoms with Crippen molar-refractivity contribution in [1.82, 2.24) is 0 Å². The van der Waals surface area contributed by atoms with Crippen molar-refractivity contribution in [2.24, 2.45) is 0 Å². The molecule has 0 unspecified atom stereocenters. The molecule has 2 radical (unpaired) electrons. The molecule has 0 aliphatic rings. The van der Waals surface area contributed by atoms with Crippen molar-refractivity contribution in [1.29, 1.82) is 0 Å². The second-order valence-corrected chi connectivity index (χ2v) is 2.38. The van der Waals surface area contributed by atoms with Crippen molar-refractivity contribution >= 4 is 28.4 Å². The molecule has 1 heterocycles. The molecule has 2 heteroatoms. The van der Waals surface area contributed by atoms with Crippen LogP contribution in [0.5, 0.6) is 0 Å². The van der Waals surface area contributed by atoms with Crippen LogP contribution in [0, 0.1) is 0 Å². The molecule has 1 aromatic heterocycles. The van der Waals surface area contributed by atoms with Gasteiger partial charge in [0.2, 0.25) is 0 Å². The van der Waals surface area contributed by atoms with Gasteiger partial charge in [0.15, 0.2) is 0 Å². The maximum absolute atomic E-state index is 2.04. The second kappa shape index (κ2) is 6.81. The van der Waals surface area contributed by atoms with Gasteiger partial charge < -0.3 is 0 Å². The van der Waals surface area contributed by atoms with Crippen LogP contribution in [0.4, 0.5) is 0 Å². The van der Waals surface area contributed by atoms with Crippen LogP contribution in [-0.4, -0.2) is 17.1 Å². The maximum atomic E-state index is 2.04. The monoisotopic (exact) mass is 216 g/mol. The molecule has 0 N–H and O–H groups in total. The first-order valence-corrected chi connectivity index (χ1v) is 3.75. The summed E-state index contributed by atoms with van der Waals surface area (Å²) in [6, 6.07) is 12.1. The van der Waals surface area contributed by atoms with Gasteiger partial charge in [-0.25, -0.2) is 0 Å². The largest absolute Gasteiger partial charge is 0.152 e. The van der Waals surface area contributed by atoms with Crippen molar-refractivity contribution in [2.45, 2.75) is 0 Å². The summed E-state index contributed by atoms with van der Waals surface area (Å²) in [5.41, 5.74) is 0. The molecule has 0 spiro atoms. The Bertz CT molecular complexity index is 131. The molecule has 1 aromatic rings. The fourth-order valence-corrected chi connectivity index (χ4v) is 0.937. The van der Waals surface area contributed by atoms with Gasteiger partial charge in [0.1, 0.15) is 0 Å². The third-order valence-corrected chi connectivity index (χ3v) is 1.50. The van der Waals surface area contributed by atoms with Crippen LogP contribution in [-0.2, 0) is 0 Å². The van der Waals surface area contributed by atoms with Crippen molar-refractivity contribution in [3.8, 4) is 0 Å². The molecule has 0 nitrogen and oxygen atoms in total. The Morgan fingerprint density at radius 1 is 0.600 bits per heavy atom. The summed E-state index contributed by atoms with van der Waals surface area (Å²) in [7, 11) is 0. The molecule has 0 aromatic carbocycles. The van der Waals surface area contributed by atoms with Gasteiger partial charge in [-0.1, -0.05) is 36.4 Å². The third kappa shape index (κ3) is 4.57. The van der Waals surface area contributed by atoms with Gasteiger partial charge in [-0.05, 0) is 10.8 Å². The zero-order valence-electron chi connectivity index (χ0n) is 5.44. The first-order chi connectivity index (χ1) is 4.50. The van der Waals surface area contributed by atoms with Crippen LogP contribution in [0.25, 0.3) is 0 Å². The predicted octanol–water partition coefficient (Wildman–Crippen LogP) is 2.49. The number of hydrogen-bond donors (Lipinski definition) is 0. The third-order valence-electron chi connectivity index (χ3n) is 0.870. The van der Waals surface area contributed by atoms with E-state index in [1.54, 1.807) is 11.3 Å². The second-order valence-electron chi connectivity index (χ2n) is 1.56. The zero-order valence-corrected chi connectivity index (χ0v) is 7.96. The van der Waals surface area contributed by atoms with E-state index in [0.717, 1.165) is 0 Å². The van der Waals surface area contributed by atoms with Gasteiger partial charge in [-0.3, -0.25) is 0 Å². The first-order valence-electron chi connectivity index (χ1n) is 2.80. The summed E-state index contributed by atoms with van der Waals surface area (Å²) >= 11 is 1.68. The quantitative estimate of drug-likeness (QED) is 0.583. The fourth-order valence-electron chi connectivity index (χ4n) is 0.483. The van der Waals surface area contributed by atoms with Gasteiger partial charge in [0.25, 0.3) is 0 Å². The molecule has 0 bridgehead atoms. The molecular formula is C8H8SSe. The fraction of sp³-hybridized carbons (Fsp3) is 0. The van der Waals surface area contributed by atoms with Crippen molar-refractivity contribution in [3.05, 3.63) is 47.2 Å². The van der Waals surface area contributed by atoms with Gasteiger partial charge in [0, 0.05) is 17.1 Å². The van der Waals surface area contributed by atoms with E-state index in [-0.39, 0.29) is 17.1 Å². The zero-order chi connectivity index (χ0) is 6.36. The van der Waals surface area contributed by atoms with E-state index < -0.39 is 0 Å². The topological polar surface area (TPSA) is 0 Å². The Hall–Kier alpha value is -0.301. The number of rotatable bonds is 0. The molecule has 0 atom stereocenters. The predicted molar refractivity (Wildman–Crippen MR) is 47.7 cm³/mol. The van der Waals surface area contributed by atoms with Crippen LogP contribution in [0.2, 0.25) is 0 Å². The first kappa shape index (κ1) is 9.70. The number of hydrogen-bond acceptors (Lipinski definition) is 1. The van der Waals surface area contributed by atoms with Gasteiger partial charge in [0.05, 0.1) is 0 Å². The summed E-state index contributed by atoms with van der Waals surface area (Å²) in [5.74, 6) is 0. The smallest absolute Gasteiger partial charge is 0 e. The van der Waals surface area contributed by atoms with Gasteiger partial charge in [-0.15, -0.1) is 0 Å². The summed E-state index contributed by atoms with van der Waals surface area (Å²) in [6.07, 6.45) is 0. The normalized spacial score (nSPS) is 7.20. The SMILES string of the molecule is [Se].c1ccccsccc1. The maximum Gasteiger partial charge on any atom is 0 e. The standard InChI is InChI=1S/C8H8S.Se/c1-2-4-6-8-9-7-5-3-1;/h1-8H;. The van der Waals surface area contributed by atoms with E-state index in [9.17, 15) is 0 Å². The molecule has 0 aliphatic heterocycles. The van der Waals surface area contributed by atoms with E-state index in [1.807, 2.05) is 47.2 Å². The van der Waals surface area contributed by atoms with Crippen LogP contribution in [0.15, 0.2) is 47.2 Å². The molecule has 1 rings (SSSR count). The molecule has 0 saturated heterocycles. The molecule has 52 valence electrons. The Labute approximate surface area is 75.7 Å². The summed E-state index contributed by atoms with van der Waals surface area (Å²) in [5, 5.41) is 4.08. The van der Waals surface area contributed by atoms with E-state index >= 15 is 0 Å². The minimum absolute atomic E-state index is 0. The molecule has 0 fully saturated rings. The Kier molecular flexibility index (Phi) is 6.61. The van der Waals surface area contributed by atoms with Crippen LogP contribution >= 0.6 is 11.3 Å². The average Bonchev–Trinajstić information content (AvgIpc) is 2.00. The molecule has 10 heavy (non-hydrogen) atoms. The molecule has 0 saturated carbocycles. The summed E-state index contributed by atoms with van der Waals surface area (Å²) in [4.78, 5) is 0. The van der Waals surface area contributed by atoms with Crippen LogP contribution in [0.3, 0.4) is 0 Å². The van der Waals surface area contributed by atoms with Crippen LogP contribution < -0.4 is 0 Å². The van der Waals surface area contributed by atoms with Crippen molar-refractivity contribution in [2.75, 3.05) is 0 Å². The Balaban J connectivity index is 0.000000810. The average molecular weight is 215 g/mol. The van der Waals surface area contributed by atoms with Crippen molar-refractivity contribution < 1.29 is 0 Å². The van der Waals surface area contributed by atoms with E-state index in [4.69, 9.17) is 0 Å². The Morgan fingerprint density at radius 3 is 1.50 bits per heavy atom. The van der Waals surface area contributed by atoms with Gasteiger partial charge >= 0.3 is 0 Å². The minimum atomic E-state index is 0. The molecular weight excluding hydrogens is 207 g/mol. The molecule has 0 amide bonds. The van der Waals surface area contributed by atoms with Crippen LogP contribution in [0.1, 0.15) is 0 Å². The van der Waals surface area contributed by atoms with E-state index in [0.29, 0.717) is 0 Å². The minimum Gasteiger partial charge on any atom is -0.152 e. The summed E-state index contributed by atoms with van der Waals surface area (Å²) < 4.78 is 0. The summed E-state index contributed by atoms with van der Waals surface area (Å²) in [6.45, 7) is 0. The van der Waals surface area contributed by atoms with Crippen molar-refractivity contribution in [3.63, 3.8) is 0 Å². The van der Waals surface area contributed by atoms with E-state index in [2.05, 4.69) is 0 Å². The Morgan fingerprint density at radius 2 is 1.00 bits per heavy atom.